The Morgan fingerprint density at radius 3 is 2.37 bits per heavy atom. The summed E-state index contributed by atoms with van der Waals surface area (Å²) in [7, 11) is 1.51. The number of amides is 2. The van der Waals surface area contributed by atoms with Gasteiger partial charge in [-0.1, -0.05) is 29.3 Å². The summed E-state index contributed by atoms with van der Waals surface area (Å²) in [5.41, 5.74) is 4.54. The van der Waals surface area contributed by atoms with Crippen LogP contribution in [0.3, 0.4) is 0 Å². The summed E-state index contributed by atoms with van der Waals surface area (Å²) < 4.78 is 10.8. The first-order valence-corrected chi connectivity index (χ1v) is 9.96. The van der Waals surface area contributed by atoms with Gasteiger partial charge in [-0.3, -0.25) is 9.59 Å². The summed E-state index contributed by atoms with van der Waals surface area (Å²) in [6.07, 6.45) is 2.93. The molecule has 2 aromatic carbocycles. The molecule has 0 fully saturated rings. The van der Waals surface area contributed by atoms with Crippen LogP contribution in [0, 0.1) is 20.8 Å². The minimum absolute atomic E-state index is 0.135. The van der Waals surface area contributed by atoms with Crippen LogP contribution in [0.5, 0.6) is 11.5 Å². The Bertz CT molecular complexity index is 947. The molecule has 30 heavy (non-hydrogen) atoms. The highest BCUT2D eigenvalue weighted by atomic mass is 35.5. The number of anilines is 1. The predicted octanol–water partition coefficient (Wildman–Crippen LogP) is 4.44. The number of carbonyl (C=O) groups excluding carboxylic acids is 2. The van der Waals surface area contributed by atoms with E-state index in [2.05, 4.69) is 10.6 Å². The Morgan fingerprint density at radius 2 is 1.77 bits per heavy atom. The molecule has 0 spiro atoms. The molecule has 6 nitrogen and oxygen atoms in total. The lowest BCUT2D eigenvalue weighted by Gasteiger charge is -2.13. The fourth-order valence-corrected chi connectivity index (χ4v) is 3.40. The van der Waals surface area contributed by atoms with Gasteiger partial charge in [-0.25, -0.2) is 0 Å². The average molecular weight is 431 g/mol. The van der Waals surface area contributed by atoms with Gasteiger partial charge in [0.25, 0.3) is 0 Å². The third-order valence-corrected chi connectivity index (χ3v) is 4.61. The highest BCUT2D eigenvalue weighted by molar-refractivity contribution is 6.32. The molecule has 0 saturated carbocycles. The molecule has 2 amide bonds. The van der Waals surface area contributed by atoms with E-state index in [-0.39, 0.29) is 12.5 Å². The molecule has 7 heteroatoms. The zero-order valence-electron chi connectivity index (χ0n) is 17.9. The van der Waals surface area contributed by atoms with Gasteiger partial charge >= 0.3 is 0 Å². The van der Waals surface area contributed by atoms with E-state index in [9.17, 15) is 9.59 Å². The molecule has 0 aromatic heterocycles. The van der Waals surface area contributed by atoms with Crippen molar-refractivity contribution in [1.29, 1.82) is 0 Å². The third kappa shape index (κ3) is 6.26. The largest absolute Gasteiger partial charge is 0.491 e. The highest BCUT2D eigenvalue weighted by Gasteiger charge is 2.11. The monoisotopic (exact) mass is 430 g/mol. The van der Waals surface area contributed by atoms with Crippen LogP contribution in [-0.2, 0) is 9.59 Å². The van der Waals surface area contributed by atoms with Crippen molar-refractivity contribution in [2.45, 2.75) is 27.7 Å². The summed E-state index contributed by atoms with van der Waals surface area (Å²) >= 11 is 6.21. The van der Waals surface area contributed by atoms with Gasteiger partial charge in [-0.2, -0.15) is 0 Å². The molecule has 0 radical (unpaired) electrons. The Morgan fingerprint density at radius 1 is 1.10 bits per heavy atom. The van der Waals surface area contributed by atoms with E-state index in [4.69, 9.17) is 21.1 Å². The standard InChI is InChI=1S/C23H27ClN2O4/c1-6-30-19-12-17(11-18(24)23(19)29-5)7-8-20(27)25-13-21(28)26-22-15(3)9-14(2)10-16(22)4/h7-12H,6,13H2,1-5H3,(H,25,27)(H,26,28). The molecule has 0 atom stereocenters. The van der Waals surface area contributed by atoms with Crippen molar-refractivity contribution in [2.24, 2.45) is 0 Å². The zero-order chi connectivity index (χ0) is 22.3. The summed E-state index contributed by atoms with van der Waals surface area (Å²) in [5, 5.41) is 5.81. The van der Waals surface area contributed by atoms with Crippen LogP contribution in [0.25, 0.3) is 6.08 Å². The fourth-order valence-electron chi connectivity index (χ4n) is 3.10. The number of hydrogen-bond donors (Lipinski definition) is 2. The summed E-state index contributed by atoms with van der Waals surface area (Å²) in [6.45, 7) is 8.05. The van der Waals surface area contributed by atoms with Crippen LogP contribution in [0.2, 0.25) is 5.02 Å². The van der Waals surface area contributed by atoms with Crippen molar-refractivity contribution in [3.05, 3.63) is 57.6 Å². The van der Waals surface area contributed by atoms with Gasteiger partial charge in [0.05, 0.1) is 25.3 Å². The molecule has 0 bridgehead atoms. The first-order valence-electron chi connectivity index (χ1n) is 9.59. The van der Waals surface area contributed by atoms with Crippen LogP contribution < -0.4 is 20.1 Å². The van der Waals surface area contributed by atoms with Crippen molar-refractivity contribution in [3.63, 3.8) is 0 Å². The number of hydrogen-bond acceptors (Lipinski definition) is 4. The number of carbonyl (C=O) groups is 2. The number of rotatable bonds is 8. The van der Waals surface area contributed by atoms with Crippen molar-refractivity contribution in [3.8, 4) is 11.5 Å². The normalized spacial score (nSPS) is 10.7. The number of ether oxygens (including phenoxy) is 2. The Kier molecular flexibility index (Phi) is 8.30. The Hall–Kier alpha value is -2.99. The molecule has 0 unspecified atom stereocenters. The number of benzene rings is 2. The van der Waals surface area contributed by atoms with E-state index in [1.807, 2.05) is 39.8 Å². The van der Waals surface area contributed by atoms with Crippen LogP contribution >= 0.6 is 11.6 Å². The highest BCUT2D eigenvalue weighted by Crippen LogP contribution is 2.36. The second kappa shape index (κ2) is 10.7. The average Bonchev–Trinajstić information content (AvgIpc) is 2.67. The first kappa shape index (κ1) is 23.3. The molecule has 0 aliphatic heterocycles. The van der Waals surface area contributed by atoms with Crippen LogP contribution in [0.1, 0.15) is 29.2 Å². The third-order valence-electron chi connectivity index (χ3n) is 4.33. The van der Waals surface area contributed by atoms with Crippen molar-refractivity contribution in [2.75, 3.05) is 25.6 Å². The van der Waals surface area contributed by atoms with E-state index in [1.54, 1.807) is 18.2 Å². The molecule has 0 aliphatic rings. The fraction of sp³-hybridized carbons (Fsp3) is 0.304. The summed E-state index contributed by atoms with van der Waals surface area (Å²) in [5.74, 6) is 0.250. The molecule has 0 heterocycles. The van der Waals surface area contributed by atoms with Gasteiger partial charge in [0, 0.05) is 11.8 Å². The smallest absolute Gasteiger partial charge is 0.244 e. The molecular formula is C23H27ClN2O4. The van der Waals surface area contributed by atoms with Crippen LogP contribution in [0.15, 0.2) is 30.3 Å². The quantitative estimate of drug-likeness (QED) is 0.607. The lowest BCUT2D eigenvalue weighted by molar-refractivity contribution is -0.121. The summed E-state index contributed by atoms with van der Waals surface area (Å²) in [6, 6.07) is 7.40. The van der Waals surface area contributed by atoms with E-state index in [1.165, 1.54) is 13.2 Å². The van der Waals surface area contributed by atoms with Gasteiger partial charge < -0.3 is 20.1 Å². The SMILES string of the molecule is CCOc1cc(C=CC(=O)NCC(=O)Nc2c(C)cc(C)cc2C)cc(Cl)c1OC. The van der Waals surface area contributed by atoms with Gasteiger partial charge in [0.1, 0.15) is 0 Å². The van der Waals surface area contributed by atoms with E-state index < -0.39 is 5.91 Å². The topological polar surface area (TPSA) is 76.7 Å². The molecule has 2 N–H and O–H groups in total. The lowest BCUT2D eigenvalue weighted by atomic mass is 10.1. The van der Waals surface area contributed by atoms with Crippen LogP contribution in [0.4, 0.5) is 5.69 Å². The minimum atomic E-state index is -0.396. The maximum Gasteiger partial charge on any atom is 0.244 e. The second-order valence-electron chi connectivity index (χ2n) is 6.84. The first-order chi connectivity index (χ1) is 14.2. The van der Waals surface area contributed by atoms with Crippen molar-refractivity contribution < 1.29 is 19.1 Å². The number of aryl methyl sites for hydroxylation is 3. The molecule has 0 aliphatic carbocycles. The van der Waals surface area contributed by atoms with Crippen molar-refractivity contribution in [1.82, 2.24) is 5.32 Å². The predicted molar refractivity (Wildman–Crippen MR) is 120 cm³/mol. The molecular weight excluding hydrogens is 404 g/mol. The molecule has 160 valence electrons. The minimum Gasteiger partial charge on any atom is -0.491 e. The summed E-state index contributed by atoms with van der Waals surface area (Å²) in [4.78, 5) is 24.3. The van der Waals surface area contributed by atoms with E-state index >= 15 is 0 Å². The van der Waals surface area contributed by atoms with Gasteiger partial charge in [0.15, 0.2) is 11.5 Å². The lowest BCUT2D eigenvalue weighted by Crippen LogP contribution is -2.32. The zero-order valence-corrected chi connectivity index (χ0v) is 18.6. The maximum atomic E-state index is 12.2. The number of nitrogens with one attached hydrogen (secondary N) is 2. The molecule has 0 saturated heterocycles. The van der Waals surface area contributed by atoms with Crippen molar-refractivity contribution >= 4 is 35.2 Å². The van der Waals surface area contributed by atoms with E-state index in [0.717, 1.165) is 22.4 Å². The van der Waals surface area contributed by atoms with Gasteiger partial charge in [0.2, 0.25) is 11.8 Å². The maximum absolute atomic E-state index is 12.2. The Labute approximate surface area is 182 Å². The number of methoxy groups -OCH3 is 1. The van der Waals surface area contributed by atoms with Crippen LogP contribution in [-0.4, -0.2) is 32.1 Å². The van der Waals surface area contributed by atoms with Gasteiger partial charge in [-0.15, -0.1) is 0 Å². The van der Waals surface area contributed by atoms with E-state index in [0.29, 0.717) is 28.7 Å². The van der Waals surface area contributed by atoms with Gasteiger partial charge in [-0.05, 0) is 62.6 Å². The molecule has 2 rings (SSSR count). The molecule has 2 aromatic rings. The second-order valence-corrected chi connectivity index (χ2v) is 7.25. The number of halogens is 1. The Balaban J connectivity index is 1.98.